The van der Waals surface area contributed by atoms with E-state index in [9.17, 15) is 9.59 Å². The monoisotopic (exact) mass is 518 g/mol. The maximum Gasteiger partial charge on any atom is 0.243 e. The molecule has 0 aromatic heterocycles. The van der Waals surface area contributed by atoms with E-state index in [4.69, 9.17) is 11.6 Å². The molecule has 0 unspecified atom stereocenters. The minimum Gasteiger partial charge on any atom is -0.354 e. The molecule has 0 spiro atoms. The van der Waals surface area contributed by atoms with E-state index in [0.717, 1.165) is 29.5 Å². The third kappa shape index (κ3) is 8.75. The van der Waals surface area contributed by atoms with Gasteiger partial charge in [0, 0.05) is 31.0 Å². The molecular weight excluding hydrogens is 480 g/mol. The lowest BCUT2D eigenvalue weighted by atomic mass is 9.99. The van der Waals surface area contributed by atoms with Crippen molar-refractivity contribution < 1.29 is 9.59 Å². The lowest BCUT2D eigenvalue weighted by Gasteiger charge is -2.32. The number of hydrogen-bond donors (Lipinski definition) is 1. The van der Waals surface area contributed by atoms with Crippen molar-refractivity contribution in [3.8, 4) is 0 Å². The predicted molar refractivity (Wildman–Crippen MR) is 153 cm³/mol. The van der Waals surface area contributed by atoms with Crippen LogP contribution in [0.4, 0.5) is 0 Å². The molecule has 1 N–H and O–H groups in total. The van der Waals surface area contributed by atoms with Crippen LogP contribution >= 0.6 is 11.6 Å². The van der Waals surface area contributed by atoms with Gasteiger partial charge in [-0.05, 0) is 47.1 Å². The summed E-state index contributed by atoms with van der Waals surface area (Å²) in [6.07, 6.45) is 3.26. The molecule has 0 fully saturated rings. The van der Waals surface area contributed by atoms with Gasteiger partial charge in [0.1, 0.15) is 6.04 Å². The van der Waals surface area contributed by atoms with E-state index in [1.807, 2.05) is 54.6 Å². The number of nitrogens with one attached hydrogen (secondary N) is 1. The number of carbonyl (C=O) groups excluding carboxylic acids is 2. The van der Waals surface area contributed by atoms with Gasteiger partial charge < -0.3 is 10.2 Å². The molecule has 3 aromatic rings. The number of benzene rings is 3. The number of halogens is 1. The number of hydrogen-bond acceptors (Lipinski definition) is 2. The van der Waals surface area contributed by atoms with Crippen molar-refractivity contribution in [3.05, 3.63) is 106 Å². The van der Waals surface area contributed by atoms with Crippen LogP contribution in [0, 0.1) is 0 Å². The second-order valence-electron chi connectivity index (χ2n) is 9.86. The van der Waals surface area contributed by atoms with E-state index >= 15 is 0 Å². The van der Waals surface area contributed by atoms with Gasteiger partial charge >= 0.3 is 0 Å². The van der Waals surface area contributed by atoms with E-state index in [-0.39, 0.29) is 18.4 Å². The molecule has 0 aliphatic carbocycles. The summed E-state index contributed by atoms with van der Waals surface area (Å²) in [6.45, 7) is 7.31. The van der Waals surface area contributed by atoms with Gasteiger partial charge in [-0.3, -0.25) is 9.59 Å². The number of carbonyl (C=O) groups is 2. The van der Waals surface area contributed by atoms with Crippen LogP contribution in [0.15, 0.2) is 78.9 Å². The topological polar surface area (TPSA) is 49.4 Å². The number of unbranched alkanes of at least 4 members (excludes halogenated alkanes) is 1. The van der Waals surface area contributed by atoms with E-state index in [1.165, 1.54) is 5.56 Å². The highest BCUT2D eigenvalue weighted by atomic mass is 35.5. The Bertz CT molecular complexity index is 1130. The number of aryl methyl sites for hydroxylation is 1. The third-order valence-electron chi connectivity index (χ3n) is 6.67. The maximum absolute atomic E-state index is 13.8. The van der Waals surface area contributed by atoms with Crippen molar-refractivity contribution in [2.24, 2.45) is 0 Å². The van der Waals surface area contributed by atoms with Gasteiger partial charge in [0.2, 0.25) is 11.8 Å². The summed E-state index contributed by atoms with van der Waals surface area (Å²) in [6, 6.07) is 25.2. The van der Waals surface area contributed by atoms with Gasteiger partial charge in [-0.2, -0.15) is 0 Å². The molecule has 0 bridgehead atoms. The fourth-order valence-corrected chi connectivity index (χ4v) is 4.53. The predicted octanol–water partition coefficient (Wildman–Crippen LogP) is 6.95. The van der Waals surface area contributed by atoms with Crippen LogP contribution in [-0.2, 0) is 29.0 Å². The van der Waals surface area contributed by atoms with Crippen LogP contribution < -0.4 is 5.32 Å². The van der Waals surface area contributed by atoms with Gasteiger partial charge in [-0.15, -0.1) is 0 Å². The zero-order valence-corrected chi connectivity index (χ0v) is 23.0. The van der Waals surface area contributed by atoms with Crippen LogP contribution in [0.5, 0.6) is 0 Å². The summed E-state index contributed by atoms with van der Waals surface area (Å²) in [5, 5.41) is 3.66. The summed E-state index contributed by atoms with van der Waals surface area (Å²) in [5.74, 6) is 0.283. The second-order valence-corrected chi connectivity index (χ2v) is 10.3. The maximum atomic E-state index is 13.8. The van der Waals surface area contributed by atoms with Crippen molar-refractivity contribution in [1.29, 1.82) is 0 Å². The number of amides is 2. The smallest absolute Gasteiger partial charge is 0.243 e. The molecule has 0 radical (unpaired) electrons. The quantitative estimate of drug-likeness (QED) is 0.249. The van der Waals surface area contributed by atoms with Crippen molar-refractivity contribution in [3.63, 3.8) is 0 Å². The number of rotatable bonds is 13. The van der Waals surface area contributed by atoms with E-state index < -0.39 is 6.04 Å². The summed E-state index contributed by atoms with van der Waals surface area (Å²) in [7, 11) is 0. The molecule has 3 aromatic carbocycles. The first-order valence-corrected chi connectivity index (χ1v) is 13.7. The highest BCUT2D eigenvalue weighted by Crippen LogP contribution is 2.22. The first-order valence-electron chi connectivity index (χ1n) is 13.3. The van der Waals surface area contributed by atoms with E-state index in [0.29, 0.717) is 36.7 Å². The fraction of sp³-hybridized carbons (Fsp3) is 0.375. The minimum atomic E-state index is -0.633. The Morgan fingerprint density at radius 3 is 2.22 bits per heavy atom. The molecule has 4 nitrogen and oxygen atoms in total. The molecule has 0 aliphatic rings. The van der Waals surface area contributed by atoms with Crippen LogP contribution in [-0.4, -0.2) is 29.3 Å². The normalized spacial score (nSPS) is 11.8. The summed E-state index contributed by atoms with van der Waals surface area (Å²) in [5.41, 5.74) is 4.24. The van der Waals surface area contributed by atoms with Gasteiger partial charge in [-0.1, -0.05) is 112 Å². The molecule has 1 atom stereocenters. The van der Waals surface area contributed by atoms with Gasteiger partial charge in [0.05, 0.1) is 0 Å². The largest absolute Gasteiger partial charge is 0.354 e. The molecule has 37 heavy (non-hydrogen) atoms. The summed E-state index contributed by atoms with van der Waals surface area (Å²) >= 11 is 6.49. The molecule has 0 saturated carbocycles. The van der Waals surface area contributed by atoms with Crippen molar-refractivity contribution in [2.75, 3.05) is 6.54 Å². The first kappa shape index (κ1) is 28.5. The Balaban J connectivity index is 1.87. The van der Waals surface area contributed by atoms with Gasteiger partial charge in [0.15, 0.2) is 0 Å². The lowest BCUT2D eigenvalue weighted by Crippen LogP contribution is -2.50. The zero-order chi connectivity index (χ0) is 26.6. The van der Waals surface area contributed by atoms with Gasteiger partial charge in [-0.25, -0.2) is 0 Å². The second kappa shape index (κ2) is 14.6. The average molecular weight is 519 g/mol. The average Bonchev–Trinajstić information content (AvgIpc) is 2.91. The van der Waals surface area contributed by atoms with Crippen molar-refractivity contribution in [1.82, 2.24) is 10.2 Å². The first-order chi connectivity index (χ1) is 17.9. The molecule has 5 heteroatoms. The Morgan fingerprint density at radius 1 is 0.892 bits per heavy atom. The highest BCUT2D eigenvalue weighted by Gasteiger charge is 2.30. The van der Waals surface area contributed by atoms with Gasteiger partial charge in [0.25, 0.3) is 0 Å². The fourth-order valence-electron chi connectivity index (χ4n) is 4.33. The standard InChI is InChI=1S/C32H39ClN2O2/c1-4-5-21-34-32(37)30(22-26-11-7-6-8-12-26)35(23-28-13-9-10-14-29(28)33)31(36)20-17-25-15-18-27(19-16-25)24(2)3/h6-16,18-19,24,30H,4-5,17,20-23H2,1-3H3,(H,34,37)/t30-/m1/s1. The lowest BCUT2D eigenvalue weighted by molar-refractivity contribution is -0.141. The van der Waals surface area contributed by atoms with Crippen LogP contribution in [0.3, 0.4) is 0 Å². The summed E-state index contributed by atoms with van der Waals surface area (Å²) < 4.78 is 0. The molecule has 0 saturated heterocycles. The van der Waals surface area contributed by atoms with Crippen molar-refractivity contribution in [2.45, 2.75) is 71.4 Å². The van der Waals surface area contributed by atoms with Crippen LogP contribution in [0.1, 0.15) is 68.2 Å². The molecular formula is C32H39ClN2O2. The Hall–Kier alpha value is -3.11. The molecule has 3 rings (SSSR count). The van der Waals surface area contributed by atoms with E-state index in [2.05, 4.69) is 50.4 Å². The SMILES string of the molecule is CCCCNC(=O)[C@@H](Cc1ccccc1)N(Cc1ccccc1Cl)C(=O)CCc1ccc(C(C)C)cc1. The Kier molecular flexibility index (Phi) is 11.2. The van der Waals surface area contributed by atoms with Crippen LogP contribution in [0.2, 0.25) is 5.02 Å². The molecule has 0 heterocycles. The Morgan fingerprint density at radius 2 is 1.57 bits per heavy atom. The minimum absolute atomic E-state index is 0.0561. The van der Waals surface area contributed by atoms with Crippen LogP contribution in [0.25, 0.3) is 0 Å². The zero-order valence-electron chi connectivity index (χ0n) is 22.3. The highest BCUT2D eigenvalue weighted by molar-refractivity contribution is 6.31. The third-order valence-corrected chi connectivity index (χ3v) is 7.04. The van der Waals surface area contributed by atoms with Crippen molar-refractivity contribution >= 4 is 23.4 Å². The van der Waals surface area contributed by atoms with E-state index in [1.54, 1.807) is 4.90 Å². The number of nitrogens with zero attached hydrogens (tertiary/aromatic N) is 1. The molecule has 196 valence electrons. The Labute approximate surface area is 227 Å². The molecule has 2 amide bonds. The summed E-state index contributed by atoms with van der Waals surface area (Å²) in [4.78, 5) is 29.0. The molecule has 0 aliphatic heterocycles.